The van der Waals surface area contributed by atoms with Crippen molar-refractivity contribution in [3.63, 3.8) is 0 Å². The maximum atomic E-state index is 5.82. The van der Waals surface area contributed by atoms with Gasteiger partial charge in [0.25, 0.3) is 0 Å². The number of hydrogen-bond donors (Lipinski definition) is 1. The molecule has 0 aliphatic carbocycles. The molecule has 2 aliphatic rings. The van der Waals surface area contributed by atoms with Crippen molar-refractivity contribution in [1.29, 1.82) is 0 Å². The van der Waals surface area contributed by atoms with Gasteiger partial charge in [-0.15, -0.1) is 0 Å². The topological polar surface area (TPSA) is 38.5 Å². The van der Waals surface area contributed by atoms with E-state index in [9.17, 15) is 0 Å². The molecule has 80 valence electrons. The van der Waals surface area contributed by atoms with Crippen molar-refractivity contribution in [2.45, 2.75) is 18.5 Å². The van der Waals surface area contributed by atoms with Gasteiger partial charge in [-0.1, -0.05) is 18.2 Å². The van der Waals surface area contributed by atoms with Gasteiger partial charge in [0.2, 0.25) is 0 Å². The zero-order valence-corrected chi connectivity index (χ0v) is 8.73. The second kappa shape index (κ2) is 3.51. The van der Waals surface area contributed by atoms with Crippen LogP contribution in [-0.2, 0) is 0 Å². The molecule has 0 radical (unpaired) electrons. The number of nitrogens with two attached hydrogens (primary N) is 1. The van der Waals surface area contributed by atoms with Crippen LogP contribution in [0, 0.1) is 0 Å². The van der Waals surface area contributed by atoms with Crippen molar-refractivity contribution < 1.29 is 4.74 Å². The highest BCUT2D eigenvalue weighted by atomic mass is 16.5. The highest BCUT2D eigenvalue weighted by Gasteiger charge is 2.33. The summed E-state index contributed by atoms with van der Waals surface area (Å²) in [6.45, 7) is 2.88. The molecule has 2 N–H and O–H groups in total. The van der Waals surface area contributed by atoms with Crippen LogP contribution in [-0.4, -0.2) is 30.6 Å². The van der Waals surface area contributed by atoms with Crippen molar-refractivity contribution >= 4 is 0 Å². The molecule has 1 atom stereocenters. The second-order valence-corrected chi connectivity index (χ2v) is 4.40. The van der Waals surface area contributed by atoms with Crippen LogP contribution >= 0.6 is 0 Å². The van der Waals surface area contributed by atoms with Crippen LogP contribution in [0.1, 0.15) is 18.0 Å². The number of benzene rings is 1. The number of para-hydroxylation sites is 1. The summed E-state index contributed by atoms with van der Waals surface area (Å²) in [6.07, 6.45) is 1.09. The first kappa shape index (κ1) is 9.19. The fraction of sp³-hybridized carbons (Fsp3) is 0.500. The third-order valence-corrected chi connectivity index (χ3v) is 3.31. The first-order valence-corrected chi connectivity index (χ1v) is 5.56. The Morgan fingerprint density at radius 2 is 2.07 bits per heavy atom. The average molecular weight is 204 g/mol. The Labute approximate surface area is 89.8 Å². The molecular formula is C12H16N2O. The van der Waals surface area contributed by atoms with E-state index in [-0.39, 0.29) is 0 Å². The van der Waals surface area contributed by atoms with Gasteiger partial charge in [0.05, 0.1) is 6.61 Å². The summed E-state index contributed by atoms with van der Waals surface area (Å²) in [4.78, 5) is 2.45. The summed E-state index contributed by atoms with van der Waals surface area (Å²) in [5.74, 6) is 1.05. The van der Waals surface area contributed by atoms with Gasteiger partial charge in [0.15, 0.2) is 0 Å². The molecule has 3 rings (SSSR count). The first-order valence-electron chi connectivity index (χ1n) is 5.56. The SMILES string of the molecule is NC1CN(C2CCOc3ccccc32)C1. The minimum Gasteiger partial charge on any atom is -0.493 e. The van der Waals surface area contributed by atoms with E-state index < -0.39 is 0 Å². The van der Waals surface area contributed by atoms with Crippen LogP contribution in [0.4, 0.5) is 0 Å². The van der Waals surface area contributed by atoms with E-state index in [2.05, 4.69) is 23.1 Å². The lowest BCUT2D eigenvalue weighted by Crippen LogP contribution is -2.57. The summed E-state index contributed by atoms with van der Waals surface area (Å²) in [5.41, 5.74) is 7.15. The molecule has 0 spiro atoms. The van der Waals surface area contributed by atoms with Crippen LogP contribution in [0.5, 0.6) is 5.75 Å². The molecule has 0 saturated carbocycles. The summed E-state index contributed by atoms with van der Waals surface area (Å²) in [5, 5.41) is 0. The zero-order chi connectivity index (χ0) is 10.3. The predicted octanol–water partition coefficient (Wildman–Crippen LogP) is 1.15. The van der Waals surface area contributed by atoms with E-state index in [1.165, 1.54) is 5.56 Å². The molecule has 1 unspecified atom stereocenters. The van der Waals surface area contributed by atoms with Crippen LogP contribution in [0.3, 0.4) is 0 Å². The molecule has 1 aromatic carbocycles. The highest BCUT2D eigenvalue weighted by Crippen LogP contribution is 2.37. The van der Waals surface area contributed by atoms with E-state index in [1.807, 2.05) is 6.07 Å². The Morgan fingerprint density at radius 3 is 2.87 bits per heavy atom. The smallest absolute Gasteiger partial charge is 0.124 e. The second-order valence-electron chi connectivity index (χ2n) is 4.40. The molecule has 2 aliphatic heterocycles. The van der Waals surface area contributed by atoms with Crippen LogP contribution in [0.25, 0.3) is 0 Å². The molecule has 15 heavy (non-hydrogen) atoms. The number of rotatable bonds is 1. The van der Waals surface area contributed by atoms with Crippen molar-refractivity contribution in [1.82, 2.24) is 4.90 Å². The summed E-state index contributed by atoms with van der Waals surface area (Å²) in [7, 11) is 0. The first-order chi connectivity index (χ1) is 7.34. The fourth-order valence-electron chi connectivity index (χ4n) is 2.51. The third-order valence-electron chi connectivity index (χ3n) is 3.31. The zero-order valence-electron chi connectivity index (χ0n) is 8.73. The fourth-order valence-corrected chi connectivity index (χ4v) is 2.51. The predicted molar refractivity (Wildman–Crippen MR) is 58.8 cm³/mol. The van der Waals surface area contributed by atoms with Gasteiger partial charge in [0, 0.05) is 37.2 Å². The van der Waals surface area contributed by atoms with Gasteiger partial charge in [-0.25, -0.2) is 0 Å². The molecule has 0 amide bonds. The van der Waals surface area contributed by atoms with E-state index in [0.29, 0.717) is 12.1 Å². The van der Waals surface area contributed by atoms with E-state index in [4.69, 9.17) is 10.5 Å². The van der Waals surface area contributed by atoms with E-state index >= 15 is 0 Å². The Hall–Kier alpha value is -1.06. The van der Waals surface area contributed by atoms with Crippen molar-refractivity contribution in [2.24, 2.45) is 5.73 Å². The van der Waals surface area contributed by atoms with Gasteiger partial charge < -0.3 is 10.5 Å². The van der Waals surface area contributed by atoms with Crippen LogP contribution in [0.2, 0.25) is 0 Å². The van der Waals surface area contributed by atoms with E-state index in [0.717, 1.165) is 31.9 Å². The molecule has 0 bridgehead atoms. The maximum Gasteiger partial charge on any atom is 0.124 e. The summed E-state index contributed by atoms with van der Waals surface area (Å²) in [6, 6.07) is 9.24. The molecule has 1 saturated heterocycles. The molecule has 1 fully saturated rings. The molecular weight excluding hydrogens is 188 g/mol. The lowest BCUT2D eigenvalue weighted by Gasteiger charge is -2.44. The number of fused-ring (bicyclic) bond motifs is 1. The van der Waals surface area contributed by atoms with Crippen molar-refractivity contribution in [2.75, 3.05) is 19.7 Å². The van der Waals surface area contributed by atoms with Crippen LogP contribution < -0.4 is 10.5 Å². The maximum absolute atomic E-state index is 5.82. The molecule has 3 heteroatoms. The third kappa shape index (κ3) is 1.52. The molecule has 0 aromatic heterocycles. The Bertz CT molecular complexity index is 360. The van der Waals surface area contributed by atoms with Gasteiger partial charge in [-0.05, 0) is 6.07 Å². The number of ether oxygens (including phenoxy) is 1. The monoisotopic (exact) mass is 204 g/mol. The molecule has 3 nitrogen and oxygen atoms in total. The largest absolute Gasteiger partial charge is 0.493 e. The lowest BCUT2D eigenvalue weighted by molar-refractivity contribution is 0.0662. The van der Waals surface area contributed by atoms with Crippen molar-refractivity contribution in [3.05, 3.63) is 29.8 Å². The summed E-state index contributed by atoms with van der Waals surface area (Å²) >= 11 is 0. The van der Waals surface area contributed by atoms with Gasteiger partial charge >= 0.3 is 0 Å². The number of hydrogen-bond acceptors (Lipinski definition) is 3. The Kier molecular flexibility index (Phi) is 2.15. The average Bonchev–Trinajstić information content (AvgIpc) is 2.24. The normalized spacial score (nSPS) is 26.6. The Morgan fingerprint density at radius 1 is 1.27 bits per heavy atom. The standard InChI is InChI=1S/C12H16N2O/c13-9-7-14(8-9)11-5-6-15-12-4-2-1-3-10(11)12/h1-4,9,11H,5-8,13H2. The number of likely N-dealkylation sites (tertiary alicyclic amines) is 1. The molecule has 2 heterocycles. The lowest BCUT2D eigenvalue weighted by atomic mass is 9.95. The van der Waals surface area contributed by atoms with Gasteiger partial charge in [-0.3, -0.25) is 4.90 Å². The minimum absolute atomic E-state index is 0.375. The van der Waals surface area contributed by atoms with Gasteiger partial charge in [-0.2, -0.15) is 0 Å². The van der Waals surface area contributed by atoms with Gasteiger partial charge in [0.1, 0.15) is 5.75 Å². The van der Waals surface area contributed by atoms with Crippen molar-refractivity contribution in [3.8, 4) is 5.75 Å². The molecule has 1 aromatic rings. The quantitative estimate of drug-likeness (QED) is 0.746. The number of nitrogens with zero attached hydrogens (tertiary/aromatic N) is 1. The van der Waals surface area contributed by atoms with E-state index in [1.54, 1.807) is 0 Å². The highest BCUT2D eigenvalue weighted by molar-refractivity contribution is 5.37. The minimum atomic E-state index is 0.375. The van der Waals surface area contributed by atoms with Crippen LogP contribution in [0.15, 0.2) is 24.3 Å². The Balaban J connectivity index is 1.86. The summed E-state index contributed by atoms with van der Waals surface area (Å²) < 4.78 is 5.64.